The number of nitrogens with zero attached hydrogens (tertiary/aromatic N) is 1. The Morgan fingerprint density at radius 2 is 1.79 bits per heavy atom. The van der Waals surface area contributed by atoms with Gasteiger partial charge in [0.05, 0.1) is 5.52 Å². The van der Waals surface area contributed by atoms with E-state index in [0.29, 0.717) is 22.6 Å². The minimum atomic E-state index is -1.56. The molecule has 0 radical (unpaired) electrons. The first kappa shape index (κ1) is 22.1. The highest BCUT2D eigenvalue weighted by atomic mass is 19.1. The third kappa shape index (κ3) is 4.04. The van der Waals surface area contributed by atoms with E-state index in [4.69, 9.17) is 19.7 Å². The highest BCUT2D eigenvalue weighted by molar-refractivity contribution is 5.92. The van der Waals surface area contributed by atoms with E-state index in [1.807, 2.05) is 24.3 Å². The fourth-order valence-electron chi connectivity index (χ4n) is 4.24. The minimum absolute atomic E-state index is 0.121. The fraction of sp³-hybridized carbons (Fsp3) is 0.222. The van der Waals surface area contributed by atoms with Crippen molar-refractivity contribution in [3.63, 3.8) is 0 Å². The fourth-order valence-corrected chi connectivity index (χ4v) is 4.24. The van der Waals surface area contributed by atoms with Crippen molar-refractivity contribution in [1.82, 2.24) is 4.98 Å². The molecule has 0 amide bonds. The number of hydrogen-bond donors (Lipinski definition) is 3. The van der Waals surface area contributed by atoms with Crippen molar-refractivity contribution >= 4 is 10.9 Å². The topological polar surface area (TPSA) is 92.0 Å². The molecular weight excluding hydrogens is 437 g/mol. The maximum atomic E-state index is 14.7. The molecule has 4 aromatic rings. The van der Waals surface area contributed by atoms with E-state index < -0.39 is 18.1 Å². The second-order valence-electron chi connectivity index (χ2n) is 8.83. The third-order valence-corrected chi connectivity index (χ3v) is 5.94. The first-order valence-electron chi connectivity index (χ1n) is 10.9. The Hall–Kier alpha value is -3.68. The van der Waals surface area contributed by atoms with Gasteiger partial charge in [-0.3, -0.25) is 4.98 Å². The number of halogens is 1. The number of phenolic OH excluding ortho intramolecular Hbond substituents is 1. The number of aromatic hydroxyl groups is 1. The molecule has 34 heavy (non-hydrogen) atoms. The van der Waals surface area contributed by atoms with Crippen LogP contribution in [0.1, 0.15) is 36.6 Å². The number of fused-ring (bicyclic) bond motifs is 5. The van der Waals surface area contributed by atoms with Gasteiger partial charge in [0.1, 0.15) is 29.5 Å². The highest BCUT2D eigenvalue weighted by Crippen LogP contribution is 2.48. The van der Waals surface area contributed by atoms with E-state index in [1.54, 1.807) is 42.6 Å². The van der Waals surface area contributed by atoms with Gasteiger partial charge in [-0.15, -0.1) is 0 Å². The predicted molar refractivity (Wildman–Crippen MR) is 126 cm³/mol. The SMILES string of the molecule is CC(C)(F)c1ccc2c(c1)OC(c1ccc(OCC(O)O)cc1)c1c-2cnc2cc(O)ccc12. The van der Waals surface area contributed by atoms with Crippen LogP contribution in [0.5, 0.6) is 17.2 Å². The third-order valence-electron chi connectivity index (χ3n) is 5.94. The van der Waals surface area contributed by atoms with Crippen LogP contribution in [0.15, 0.2) is 66.9 Å². The van der Waals surface area contributed by atoms with E-state index in [0.717, 1.165) is 27.6 Å². The molecule has 6 nitrogen and oxygen atoms in total. The van der Waals surface area contributed by atoms with Gasteiger partial charge in [0.25, 0.3) is 0 Å². The zero-order valence-electron chi connectivity index (χ0n) is 18.7. The number of aliphatic hydroxyl groups is 2. The Kier molecular flexibility index (Phi) is 5.38. The molecular formula is C27H24FNO5. The van der Waals surface area contributed by atoms with E-state index in [9.17, 15) is 9.50 Å². The maximum absolute atomic E-state index is 14.7. The Morgan fingerprint density at radius 1 is 1.03 bits per heavy atom. The van der Waals surface area contributed by atoms with Crippen LogP contribution in [0.25, 0.3) is 22.0 Å². The Bertz CT molecular complexity index is 1360. The van der Waals surface area contributed by atoms with Gasteiger partial charge >= 0.3 is 0 Å². The van der Waals surface area contributed by atoms with Gasteiger partial charge in [0, 0.05) is 34.3 Å². The van der Waals surface area contributed by atoms with Gasteiger partial charge < -0.3 is 24.8 Å². The van der Waals surface area contributed by atoms with Crippen molar-refractivity contribution in [3.05, 3.63) is 83.6 Å². The van der Waals surface area contributed by atoms with Crippen molar-refractivity contribution < 1.29 is 29.2 Å². The van der Waals surface area contributed by atoms with Gasteiger partial charge in [-0.05, 0) is 55.3 Å². The average molecular weight is 461 g/mol. The lowest BCUT2D eigenvalue weighted by atomic mass is 9.86. The number of aliphatic hydroxyl groups excluding tert-OH is 1. The van der Waals surface area contributed by atoms with Crippen LogP contribution in [0, 0.1) is 0 Å². The quantitative estimate of drug-likeness (QED) is 0.363. The second kappa shape index (κ2) is 8.27. The second-order valence-corrected chi connectivity index (χ2v) is 8.83. The summed E-state index contributed by atoms with van der Waals surface area (Å²) in [4.78, 5) is 4.55. The smallest absolute Gasteiger partial charge is 0.186 e. The largest absolute Gasteiger partial charge is 0.508 e. The monoisotopic (exact) mass is 461 g/mol. The molecule has 0 aliphatic carbocycles. The molecule has 174 valence electrons. The molecule has 3 aromatic carbocycles. The van der Waals surface area contributed by atoms with E-state index in [-0.39, 0.29) is 12.4 Å². The number of aromatic nitrogens is 1. The average Bonchev–Trinajstić information content (AvgIpc) is 2.81. The summed E-state index contributed by atoms with van der Waals surface area (Å²) in [5.41, 5.74) is 3.03. The normalized spacial score (nSPS) is 15.1. The van der Waals surface area contributed by atoms with Crippen LogP contribution in [0.3, 0.4) is 0 Å². The van der Waals surface area contributed by atoms with Crippen LogP contribution in [-0.4, -0.2) is 33.2 Å². The Morgan fingerprint density at radius 3 is 2.50 bits per heavy atom. The number of benzene rings is 3. The van der Waals surface area contributed by atoms with E-state index in [1.165, 1.54) is 13.8 Å². The molecule has 1 atom stereocenters. The maximum Gasteiger partial charge on any atom is 0.186 e. The van der Waals surface area contributed by atoms with Crippen molar-refractivity contribution in [3.8, 4) is 28.4 Å². The molecule has 0 fully saturated rings. The summed E-state index contributed by atoms with van der Waals surface area (Å²) in [5.74, 6) is 1.17. The van der Waals surface area contributed by atoms with Crippen molar-refractivity contribution in [2.24, 2.45) is 0 Å². The van der Waals surface area contributed by atoms with Crippen LogP contribution in [0.4, 0.5) is 4.39 Å². The summed E-state index contributed by atoms with van der Waals surface area (Å²) < 4.78 is 26.5. The number of alkyl halides is 1. The number of ether oxygens (including phenoxy) is 2. The molecule has 1 aromatic heterocycles. The molecule has 7 heteroatoms. The van der Waals surface area contributed by atoms with Crippen LogP contribution in [0.2, 0.25) is 0 Å². The summed E-state index contributed by atoms with van der Waals surface area (Å²) in [5, 5.41) is 28.9. The number of phenols is 1. The van der Waals surface area contributed by atoms with Crippen LogP contribution < -0.4 is 9.47 Å². The van der Waals surface area contributed by atoms with Crippen molar-refractivity contribution in [1.29, 1.82) is 0 Å². The first-order valence-corrected chi connectivity index (χ1v) is 10.9. The van der Waals surface area contributed by atoms with E-state index >= 15 is 0 Å². The summed E-state index contributed by atoms with van der Waals surface area (Å²) in [6, 6.07) is 17.5. The Balaban J connectivity index is 1.66. The molecule has 0 saturated carbocycles. The van der Waals surface area contributed by atoms with Gasteiger partial charge in [0.2, 0.25) is 0 Å². The van der Waals surface area contributed by atoms with Gasteiger partial charge in [0.15, 0.2) is 12.4 Å². The van der Waals surface area contributed by atoms with Crippen molar-refractivity contribution in [2.45, 2.75) is 31.9 Å². The highest BCUT2D eigenvalue weighted by Gasteiger charge is 2.31. The zero-order chi connectivity index (χ0) is 24.0. The summed E-state index contributed by atoms with van der Waals surface area (Å²) in [6.07, 6.45) is -0.326. The summed E-state index contributed by atoms with van der Waals surface area (Å²) in [6.45, 7) is 2.77. The number of hydrogen-bond acceptors (Lipinski definition) is 6. The number of rotatable bonds is 5. The zero-order valence-corrected chi connectivity index (χ0v) is 18.7. The first-order chi connectivity index (χ1) is 16.2. The van der Waals surface area contributed by atoms with E-state index in [2.05, 4.69) is 4.98 Å². The molecule has 1 aliphatic heterocycles. The molecule has 0 bridgehead atoms. The standard InChI is InChI=1S/C27H24FNO5/c1-27(2,28)16-5-9-19-21-13-29-22-12-17(30)6-10-20(22)25(21)26(34-23(19)11-16)15-3-7-18(8-4-15)33-14-24(31)32/h3-13,24,26,30-32H,14H2,1-2H3. The summed E-state index contributed by atoms with van der Waals surface area (Å²) >= 11 is 0. The van der Waals surface area contributed by atoms with Crippen LogP contribution >= 0.6 is 0 Å². The lowest BCUT2D eigenvalue weighted by Crippen LogP contribution is -2.18. The predicted octanol–water partition coefficient (Wildman–Crippen LogP) is 4.98. The van der Waals surface area contributed by atoms with Gasteiger partial charge in [-0.25, -0.2) is 4.39 Å². The molecule has 1 aliphatic rings. The molecule has 5 rings (SSSR count). The molecule has 0 saturated heterocycles. The molecule has 3 N–H and O–H groups in total. The lowest BCUT2D eigenvalue weighted by molar-refractivity contribution is -0.0680. The van der Waals surface area contributed by atoms with Gasteiger partial charge in [-0.1, -0.05) is 24.3 Å². The van der Waals surface area contributed by atoms with Crippen LogP contribution in [-0.2, 0) is 5.67 Å². The molecule has 0 spiro atoms. The minimum Gasteiger partial charge on any atom is -0.508 e. The van der Waals surface area contributed by atoms with Gasteiger partial charge in [-0.2, -0.15) is 0 Å². The van der Waals surface area contributed by atoms with Crippen molar-refractivity contribution in [2.75, 3.05) is 6.61 Å². The Labute approximate surface area is 195 Å². The lowest BCUT2D eigenvalue weighted by Gasteiger charge is -2.31. The molecule has 1 unspecified atom stereocenters. The summed E-state index contributed by atoms with van der Waals surface area (Å²) in [7, 11) is 0. The number of pyridine rings is 1. The molecule has 2 heterocycles.